The van der Waals surface area contributed by atoms with E-state index in [0.29, 0.717) is 22.4 Å². The monoisotopic (exact) mass is 545 g/mol. The number of ether oxygens (including phenoxy) is 1. The van der Waals surface area contributed by atoms with Crippen LogP contribution >= 0.6 is 22.6 Å². The molecule has 0 saturated carbocycles. The third kappa shape index (κ3) is 3.76. The SMILES string of the molecule is O=C1C([C@@H](O)c2nc(=O)c3cc(I)ccc3[nH]2)OCCN1c1ccn(-c2ccnnc2)n1. The van der Waals surface area contributed by atoms with E-state index in [-0.39, 0.29) is 19.0 Å². The fourth-order valence-electron chi connectivity index (χ4n) is 3.50. The lowest BCUT2D eigenvalue weighted by Gasteiger charge is -2.32. The van der Waals surface area contributed by atoms with Crippen LogP contribution in [0.15, 0.2) is 53.7 Å². The number of morpholine rings is 1. The predicted molar refractivity (Wildman–Crippen MR) is 121 cm³/mol. The molecule has 5 rings (SSSR count). The molecule has 0 radical (unpaired) electrons. The molecular formula is C20H16IN7O4. The van der Waals surface area contributed by atoms with Gasteiger partial charge in [-0.3, -0.25) is 14.5 Å². The highest BCUT2D eigenvalue weighted by Crippen LogP contribution is 2.25. The van der Waals surface area contributed by atoms with Crippen molar-refractivity contribution in [3.8, 4) is 5.69 Å². The highest BCUT2D eigenvalue weighted by molar-refractivity contribution is 14.1. The summed E-state index contributed by atoms with van der Waals surface area (Å²) in [5.74, 6) is -0.105. The number of benzene rings is 1. The topological polar surface area (TPSA) is 139 Å². The smallest absolute Gasteiger partial charge is 0.280 e. The second-order valence-electron chi connectivity index (χ2n) is 7.06. The Morgan fingerprint density at radius 2 is 2.09 bits per heavy atom. The van der Waals surface area contributed by atoms with E-state index in [2.05, 4.69) is 47.9 Å². The summed E-state index contributed by atoms with van der Waals surface area (Å²) in [7, 11) is 0. The van der Waals surface area contributed by atoms with Gasteiger partial charge in [-0.15, -0.1) is 5.10 Å². The Morgan fingerprint density at radius 1 is 1.22 bits per heavy atom. The maximum Gasteiger partial charge on any atom is 0.280 e. The van der Waals surface area contributed by atoms with E-state index in [9.17, 15) is 14.7 Å². The molecule has 2 atom stereocenters. The fraction of sp³-hybridized carbons (Fsp3) is 0.200. The van der Waals surface area contributed by atoms with E-state index in [4.69, 9.17) is 4.74 Å². The second-order valence-corrected chi connectivity index (χ2v) is 8.31. The van der Waals surface area contributed by atoms with E-state index in [1.165, 1.54) is 4.90 Å². The molecule has 0 spiro atoms. The number of carbonyl (C=O) groups excluding carboxylic acids is 1. The third-order valence-corrected chi connectivity index (χ3v) is 5.74. The Labute approximate surface area is 194 Å². The Bertz CT molecular complexity index is 1360. The summed E-state index contributed by atoms with van der Waals surface area (Å²) in [6.07, 6.45) is 2.10. The first kappa shape index (κ1) is 20.7. The first-order valence-corrected chi connectivity index (χ1v) is 10.7. The first-order valence-electron chi connectivity index (χ1n) is 9.64. The number of H-pyrrole nitrogens is 1. The third-order valence-electron chi connectivity index (χ3n) is 5.07. The molecule has 1 aliphatic rings. The number of hydrogen-bond donors (Lipinski definition) is 2. The van der Waals surface area contributed by atoms with Crippen molar-refractivity contribution in [3.05, 3.63) is 68.7 Å². The number of halogens is 1. The molecule has 1 saturated heterocycles. The molecule has 12 heteroatoms. The lowest BCUT2D eigenvalue weighted by molar-refractivity contribution is -0.143. The van der Waals surface area contributed by atoms with Crippen LogP contribution in [-0.2, 0) is 9.53 Å². The van der Waals surface area contributed by atoms with Gasteiger partial charge in [0, 0.05) is 15.8 Å². The van der Waals surface area contributed by atoms with Crippen LogP contribution in [0.5, 0.6) is 0 Å². The van der Waals surface area contributed by atoms with Gasteiger partial charge in [-0.25, -0.2) is 4.68 Å². The predicted octanol–water partition coefficient (Wildman–Crippen LogP) is 0.969. The van der Waals surface area contributed by atoms with Crippen molar-refractivity contribution < 1.29 is 14.6 Å². The quantitative estimate of drug-likeness (QED) is 0.362. The molecule has 11 nitrogen and oxygen atoms in total. The Hall–Kier alpha value is -3.23. The zero-order valence-corrected chi connectivity index (χ0v) is 18.6. The standard InChI is InChI=1S/C20H16IN7O4/c21-11-1-2-14-13(9-11)19(30)25-18(24-14)16(29)17-20(31)27(7-8-32-17)15-4-6-28(26-15)12-3-5-22-23-10-12/h1-6,9-10,16-17,29H,7-8H2,(H,24,25,30)/t16-,17?/m1/s1. The van der Waals surface area contributed by atoms with Gasteiger partial charge in [-0.05, 0) is 46.9 Å². The van der Waals surface area contributed by atoms with Gasteiger partial charge in [0.25, 0.3) is 11.5 Å². The number of fused-ring (bicyclic) bond motifs is 1. The average Bonchev–Trinajstić information content (AvgIpc) is 3.30. The maximum atomic E-state index is 13.1. The number of nitrogens with zero attached hydrogens (tertiary/aromatic N) is 6. The van der Waals surface area contributed by atoms with Gasteiger partial charge < -0.3 is 14.8 Å². The Balaban J connectivity index is 1.42. The molecule has 1 aromatic carbocycles. The zero-order valence-electron chi connectivity index (χ0n) is 16.4. The van der Waals surface area contributed by atoms with Gasteiger partial charge in [-0.2, -0.15) is 15.2 Å². The Morgan fingerprint density at radius 3 is 2.91 bits per heavy atom. The van der Waals surface area contributed by atoms with Crippen LogP contribution in [0.25, 0.3) is 16.6 Å². The highest BCUT2D eigenvalue weighted by atomic mass is 127. The van der Waals surface area contributed by atoms with Crippen LogP contribution in [0, 0.1) is 3.57 Å². The summed E-state index contributed by atoms with van der Waals surface area (Å²) < 4.78 is 8.02. The number of anilines is 1. The van der Waals surface area contributed by atoms with Gasteiger partial charge in [0.2, 0.25) is 0 Å². The van der Waals surface area contributed by atoms with Crippen molar-refractivity contribution in [2.45, 2.75) is 12.2 Å². The average molecular weight is 545 g/mol. The van der Waals surface area contributed by atoms with E-state index in [1.54, 1.807) is 47.5 Å². The molecule has 0 bridgehead atoms. The molecule has 0 aliphatic carbocycles. The van der Waals surface area contributed by atoms with Crippen molar-refractivity contribution in [1.82, 2.24) is 29.9 Å². The van der Waals surface area contributed by atoms with Crippen LogP contribution in [0.3, 0.4) is 0 Å². The fourth-order valence-corrected chi connectivity index (χ4v) is 3.99. The van der Waals surface area contributed by atoms with Crippen LogP contribution in [-0.4, -0.2) is 60.2 Å². The number of aliphatic hydroxyl groups excluding tert-OH is 1. The molecule has 4 heterocycles. The summed E-state index contributed by atoms with van der Waals surface area (Å²) >= 11 is 2.10. The number of aromatic nitrogens is 6. The minimum absolute atomic E-state index is 0.0303. The highest BCUT2D eigenvalue weighted by Gasteiger charge is 2.38. The first-order chi connectivity index (χ1) is 15.5. The number of rotatable bonds is 4. The van der Waals surface area contributed by atoms with Crippen molar-refractivity contribution in [1.29, 1.82) is 0 Å². The molecule has 1 unspecified atom stereocenters. The number of amides is 1. The second kappa shape index (κ2) is 8.37. The molecule has 32 heavy (non-hydrogen) atoms. The van der Waals surface area contributed by atoms with Crippen molar-refractivity contribution >= 4 is 45.2 Å². The number of nitrogens with one attached hydrogen (secondary N) is 1. The molecule has 1 amide bonds. The van der Waals surface area contributed by atoms with E-state index < -0.39 is 23.7 Å². The Kier molecular flexibility index (Phi) is 5.40. The van der Waals surface area contributed by atoms with Crippen LogP contribution in [0.1, 0.15) is 11.9 Å². The van der Waals surface area contributed by atoms with E-state index in [0.717, 1.165) is 3.57 Å². The van der Waals surface area contributed by atoms with Crippen LogP contribution < -0.4 is 10.5 Å². The van der Waals surface area contributed by atoms with Gasteiger partial charge in [-0.1, -0.05) is 0 Å². The molecule has 2 N–H and O–H groups in total. The number of hydrogen-bond acceptors (Lipinski definition) is 8. The lowest BCUT2D eigenvalue weighted by Crippen LogP contribution is -2.50. The lowest BCUT2D eigenvalue weighted by atomic mass is 10.1. The number of aromatic amines is 1. The molecular weight excluding hydrogens is 529 g/mol. The molecule has 162 valence electrons. The summed E-state index contributed by atoms with van der Waals surface area (Å²) in [5, 5.41) is 23.2. The van der Waals surface area contributed by atoms with E-state index >= 15 is 0 Å². The minimum atomic E-state index is -1.45. The normalized spacial score (nSPS) is 17.6. The largest absolute Gasteiger partial charge is 0.382 e. The summed E-state index contributed by atoms with van der Waals surface area (Å²) in [6, 6.07) is 8.68. The number of carbonyl (C=O) groups is 1. The van der Waals surface area contributed by atoms with Crippen molar-refractivity contribution in [3.63, 3.8) is 0 Å². The minimum Gasteiger partial charge on any atom is -0.382 e. The maximum absolute atomic E-state index is 13.1. The van der Waals surface area contributed by atoms with E-state index in [1.807, 2.05) is 6.07 Å². The van der Waals surface area contributed by atoms with Gasteiger partial charge >= 0.3 is 0 Å². The van der Waals surface area contributed by atoms with Gasteiger partial charge in [0.05, 0.1) is 42.1 Å². The molecule has 4 aromatic rings. The van der Waals surface area contributed by atoms with Crippen LogP contribution in [0.4, 0.5) is 5.82 Å². The van der Waals surface area contributed by atoms with Gasteiger partial charge in [0.1, 0.15) is 11.9 Å². The zero-order chi connectivity index (χ0) is 22.2. The van der Waals surface area contributed by atoms with Crippen LogP contribution in [0.2, 0.25) is 0 Å². The molecule has 3 aromatic heterocycles. The summed E-state index contributed by atoms with van der Waals surface area (Å²) in [5.41, 5.74) is 0.719. The number of aliphatic hydroxyl groups is 1. The molecule has 1 fully saturated rings. The molecule has 1 aliphatic heterocycles. The summed E-state index contributed by atoms with van der Waals surface area (Å²) in [6.45, 7) is 0.459. The van der Waals surface area contributed by atoms with Gasteiger partial charge in [0.15, 0.2) is 11.9 Å². The summed E-state index contributed by atoms with van der Waals surface area (Å²) in [4.78, 5) is 33.9. The van der Waals surface area contributed by atoms with Crippen molar-refractivity contribution in [2.24, 2.45) is 0 Å². The van der Waals surface area contributed by atoms with Crippen molar-refractivity contribution in [2.75, 3.05) is 18.1 Å².